The molecule has 0 bridgehead atoms. The highest BCUT2D eigenvalue weighted by molar-refractivity contribution is 4.74. The first-order valence-electron chi connectivity index (χ1n) is 6.88. The maximum Gasteiger partial charge on any atom is 0.0905 e. The maximum atomic E-state index is 2.44. The molecule has 0 aromatic heterocycles. The largest absolute Gasteiger partial charge is 0.322 e. The number of likely N-dealkylation sites (tertiary alicyclic amines) is 1. The van der Waals surface area contributed by atoms with Gasteiger partial charge in [-0.2, -0.15) is 0 Å². The van der Waals surface area contributed by atoms with Gasteiger partial charge in [-0.1, -0.05) is 20.8 Å². The van der Waals surface area contributed by atoms with Crippen molar-refractivity contribution in [2.24, 2.45) is 11.3 Å². The van der Waals surface area contributed by atoms with Gasteiger partial charge < -0.3 is 4.48 Å². The number of quaternary nitrogens is 1. The van der Waals surface area contributed by atoms with Crippen molar-refractivity contribution in [3.8, 4) is 0 Å². The summed E-state index contributed by atoms with van der Waals surface area (Å²) in [5.74, 6) is 0.966. The minimum Gasteiger partial charge on any atom is -0.322 e. The van der Waals surface area contributed by atoms with E-state index in [1.165, 1.54) is 36.8 Å². The molecule has 96 valence electrons. The van der Waals surface area contributed by atoms with Gasteiger partial charge in [-0.25, -0.2) is 0 Å². The van der Waals surface area contributed by atoms with E-state index in [9.17, 15) is 0 Å². The number of hydrogen-bond acceptors (Lipinski definition) is 0. The molecule has 1 aliphatic rings. The van der Waals surface area contributed by atoms with E-state index in [0.29, 0.717) is 11.0 Å². The summed E-state index contributed by atoms with van der Waals surface area (Å²) in [6.45, 7) is 17.0. The number of hydrogen-bond donors (Lipinski definition) is 0. The zero-order valence-electron chi connectivity index (χ0n) is 12.6. The molecule has 1 heteroatoms. The molecule has 0 amide bonds. The second-order valence-electron chi connectivity index (χ2n) is 8.22. The van der Waals surface area contributed by atoms with E-state index in [-0.39, 0.29) is 0 Å². The van der Waals surface area contributed by atoms with Gasteiger partial charge in [-0.05, 0) is 51.4 Å². The highest BCUT2D eigenvalue weighted by Crippen LogP contribution is 2.35. The fraction of sp³-hybridized carbons (Fsp3) is 1.00. The third-order valence-corrected chi connectivity index (χ3v) is 4.58. The molecule has 16 heavy (non-hydrogen) atoms. The molecule has 0 aromatic carbocycles. The number of piperidine rings is 1. The van der Waals surface area contributed by atoms with Crippen LogP contribution in [-0.4, -0.2) is 30.2 Å². The average Bonchev–Trinajstić information content (AvgIpc) is 2.05. The van der Waals surface area contributed by atoms with Crippen molar-refractivity contribution in [1.29, 1.82) is 0 Å². The van der Waals surface area contributed by atoms with Crippen LogP contribution >= 0.6 is 0 Å². The van der Waals surface area contributed by atoms with Gasteiger partial charge in [0.2, 0.25) is 0 Å². The van der Waals surface area contributed by atoms with Gasteiger partial charge >= 0.3 is 0 Å². The van der Waals surface area contributed by atoms with Gasteiger partial charge in [-0.3, -0.25) is 0 Å². The molecule has 1 heterocycles. The molecule has 1 saturated heterocycles. The fourth-order valence-corrected chi connectivity index (χ4v) is 2.93. The summed E-state index contributed by atoms with van der Waals surface area (Å²) in [5, 5.41) is 0. The molecule has 0 N–H and O–H groups in total. The van der Waals surface area contributed by atoms with Gasteiger partial charge in [0.15, 0.2) is 0 Å². The van der Waals surface area contributed by atoms with Gasteiger partial charge in [0.25, 0.3) is 0 Å². The molecular formula is C15H32N+. The van der Waals surface area contributed by atoms with Crippen LogP contribution in [0.15, 0.2) is 0 Å². The second kappa shape index (κ2) is 4.33. The van der Waals surface area contributed by atoms with Crippen LogP contribution in [-0.2, 0) is 0 Å². The van der Waals surface area contributed by atoms with Crippen LogP contribution in [0.1, 0.15) is 60.8 Å². The van der Waals surface area contributed by atoms with Crippen LogP contribution < -0.4 is 0 Å². The van der Waals surface area contributed by atoms with Crippen molar-refractivity contribution >= 4 is 0 Å². The summed E-state index contributed by atoms with van der Waals surface area (Å²) in [6, 6.07) is 0. The summed E-state index contributed by atoms with van der Waals surface area (Å²) in [6.07, 6.45) is 4.24. The quantitative estimate of drug-likeness (QED) is 0.591. The Kier molecular flexibility index (Phi) is 3.79. The van der Waals surface area contributed by atoms with Crippen LogP contribution in [0.3, 0.4) is 0 Å². The van der Waals surface area contributed by atoms with Crippen LogP contribution in [0.25, 0.3) is 0 Å². The SMILES string of the molecule is CC(C)(C)CC1CC[N+](C)(C(C)(C)C)CC1. The number of rotatable bonds is 1. The Balaban J connectivity index is 2.52. The third-order valence-electron chi connectivity index (χ3n) is 4.58. The normalized spacial score (nSPS) is 32.8. The monoisotopic (exact) mass is 226 g/mol. The molecule has 1 aliphatic heterocycles. The second-order valence-corrected chi connectivity index (χ2v) is 8.22. The molecule has 0 aromatic rings. The Hall–Kier alpha value is -0.0400. The van der Waals surface area contributed by atoms with E-state index in [4.69, 9.17) is 0 Å². The predicted molar refractivity (Wildman–Crippen MR) is 72.5 cm³/mol. The lowest BCUT2D eigenvalue weighted by Crippen LogP contribution is -2.60. The minimum atomic E-state index is 0.409. The van der Waals surface area contributed by atoms with Gasteiger partial charge in [0.1, 0.15) is 0 Å². The summed E-state index contributed by atoms with van der Waals surface area (Å²) < 4.78 is 1.26. The highest BCUT2D eigenvalue weighted by Gasteiger charge is 2.39. The van der Waals surface area contributed by atoms with Crippen molar-refractivity contribution in [3.63, 3.8) is 0 Å². The first-order chi connectivity index (χ1) is 7.04. The summed E-state index contributed by atoms with van der Waals surface area (Å²) in [4.78, 5) is 0. The molecule has 0 aliphatic carbocycles. The standard InChI is InChI=1S/C15H32N/c1-14(2,3)12-13-8-10-16(7,11-9-13)15(4,5)6/h13H,8-12H2,1-7H3/q+1. The smallest absolute Gasteiger partial charge is 0.0905 e. The molecule has 0 spiro atoms. The Morgan fingerprint density at radius 3 is 1.69 bits per heavy atom. The highest BCUT2D eigenvalue weighted by atomic mass is 15.4. The number of nitrogens with zero attached hydrogens (tertiary/aromatic N) is 1. The van der Waals surface area contributed by atoms with Gasteiger partial charge in [0, 0.05) is 0 Å². The lowest BCUT2D eigenvalue weighted by atomic mass is 9.79. The van der Waals surface area contributed by atoms with Crippen molar-refractivity contribution in [1.82, 2.24) is 0 Å². The predicted octanol–water partition coefficient (Wildman–Crippen LogP) is 4.08. The van der Waals surface area contributed by atoms with E-state index in [0.717, 1.165) is 5.92 Å². The summed E-state index contributed by atoms with van der Waals surface area (Å²) in [7, 11) is 2.44. The molecule has 1 fully saturated rings. The van der Waals surface area contributed by atoms with Crippen molar-refractivity contribution in [2.75, 3.05) is 20.1 Å². The van der Waals surface area contributed by atoms with Crippen LogP contribution in [0.2, 0.25) is 0 Å². The lowest BCUT2D eigenvalue weighted by molar-refractivity contribution is -0.958. The van der Waals surface area contributed by atoms with E-state index >= 15 is 0 Å². The van der Waals surface area contributed by atoms with E-state index in [1.807, 2.05) is 0 Å². The van der Waals surface area contributed by atoms with Crippen molar-refractivity contribution in [2.45, 2.75) is 66.3 Å². The van der Waals surface area contributed by atoms with E-state index < -0.39 is 0 Å². The Bertz CT molecular complexity index is 221. The lowest BCUT2D eigenvalue weighted by Gasteiger charge is -2.50. The van der Waals surface area contributed by atoms with E-state index in [1.54, 1.807) is 0 Å². The average molecular weight is 226 g/mol. The third kappa shape index (κ3) is 3.48. The molecular weight excluding hydrogens is 194 g/mol. The molecule has 1 rings (SSSR count). The van der Waals surface area contributed by atoms with Crippen molar-refractivity contribution in [3.05, 3.63) is 0 Å². The first-order valence-corrected chi connectivity index (χ1v) is 6.88. The van der Waals surface area contributed by atoms with E-state index in [2.05, 4.69) is 48.6 Å². The van der Waals surface area contributed by atoms with Crippen LogP contribution in [0, 0.1) is 11.3 Å². The van der Waals surface area contributed by atoms with Crippen LogP contribution in [0.4, 0.5) is 0 Å². The molecule has 0 unspecified atom stereocenters. The topological polar surface area (TPSA) is 0 Å². The summed E-state index contributed by atoms with van der Waals surface area (Å²) in [5.41, 5.74) is 0.917. The zero-order chi connectivity index (χ0) is 12.6. The molecule has 0 atom stereocenters. The first kappa shape index (κ1) is 14.0. The van der Waals surface area contributed by atoms with Crippen LogP contribution in [0.5, 0.6) is 0 Å². The molecule has 0 saturated carbocycles. The van der Waals surface area contributed by atoms with Gasteiger partial charge in [0.05, 0.1) is 25.7 Å². The Morgan fingerprint density at radius 1 is 0.938 bits per heavy atom. The fourth-order valence-electron chi connectivity index (χ4n) is 2.93. The Labute approximate surface area is 103 Å². The maximum absolute atomic E-state index is 2.44. The Morgan fingerprint density at radius 2 is 1.38 bits per heavy atom. The zero-order valence-corrected chi connectivity index (χ0v) is 12.6. The molecule has 1 nitrogen and oxygen atoms in total. The minimum absolute atomic E-state index is 0.409. The van der Waals surface area contributed by atoms with Crippen molar-refractivity contribution < 1.29 is 4.48 Å². The van der Waals surface area contributed by atoms with Gasteiger partial charge in [-0.15, -0.1) is 0 Å². The summed E-state index contributed by atoms with van der Waals surface area (Å²) >= 11 is 0. The molecule has 0 radical (unpaired) electrons.